The van der Waals surface area contributed by atoms with Crippen molar-refractivity contribution in [3.8, 4) is 0 Å². The Hall–Kier alpha value is -3.21. The van der Waals surface area contributed by atoms with E-state index in [0.717, 1.165) is 6.07 Å². The molecule has 35 heavy (non-hydrogen) atoms. The summed E-state index contributed by atoms with van der Waals surface area (Å²) < 4.78 is 85.7. The van der Waals surface area contributed by atoms with E-state index in [-0.39, 0.29) is 33.9 Å². The predicted octanol–water partition coefficient (Wildman–Crippen LogP) is 5.67. The van der Waals surface area contributed by atoms with Crippen LogP contribution in [0.1, 0.15) is 22.3 Å². The molecule has 1 heterocycles. The average Bonchev–Trinajstić information content (AvgIpc) is 2.78. The molecule has 0 atom stereocenters. The van der Waals surface area contributed by atoms with E-state index in [0.29, 0.717) is 22.8 Å². The number of halogens is 5. The molecule has 0 spiro atoms. The van der Waals surface area contributed by atoms with Gasteiger partial charge in [0, 0.05) is 23.0 Å². The summed E-state index contributed by atoms with van der Waals surface area (Å²) >= 11 is 5.92. The highest BCUT2D eigenvalue weighted by atomic mass is 35.5. The molecule has 0 unspecified atom stereocenters. The van der Waals surface area contributed by atoms with Crippen LogP contribution >= 0.6 is 11.6 Å². The molecule has 0 fully saturated rings. The minimum atomic E-state index is -4.73. The zero-order valence-corrected chi connectivity index (χ0v) is 19.3. The molecule has 3 aromatic carbocycles. The van der Waals surface area contributed by atoms with Gasteiger partial charge in [0.15, 0.2) is 0 Å². The van der Waals surface area contributed by atoms with E-state index < -0.39 is 33.2 Å². The minimum absolute atomic E-state index is 0.0286. The first kappa shape index (κ1) is 24.9. The molecule has 1 N–H and O–H groups in total. The third kappa shape index (κ3) is 5.72. The van der Waals surface area contributed by atoms with Gasteiger partial charge in [-0.1, -0.05) is 35.9 Å². The molecule has 5 nitrogen and oxygen atoms in total. The maximum atomic E-state index is 13.4. The second-order valence-corrected chi connectivity index (χ2v) is 9.86. The van der Waals surface area contributed by atoms with E-state index >= 15 is 0 Å². The fourth-order valence-electron chi connectivity index (χ4n) is 3.50. The van der Waals surface area contributed by atoms with E-state index in [1.165, 1.54) is 42.5 Å². The van der Waals surface area contributed by atoms with E-state index in [9.17, 15) is 30.8 Å². The van der Waals surface area contributed by atoms with Crippen molar-refractivity contribution in [2.45, 2.75) is 24.0 Å². The lowest BCUT2D eigenvalue weighted by Gasteiger charge is -2.11. The van der Waals surface area contributed by atoms with Gasteiger partial charge in [0.1, 0.15) is 11.4 Å². The van der Waals surface area contributed by atoms with Crippen LogP contribution in [0, 0.1) is 5.82 Å². The molecule has 182 valence electrons. The largest absolute Gasteiger partial charge is 0.423 e. The Morgan fingerprint density at radius 3 is 2.26 bits per heavy atom. The number of sulfonamides is 1. The lowest BCUT2D eigenvalue weighted by molar-refractivity contribution is -0.136. The molecule has 0 saturated carbocycles. The zero-order valence-electron chi connectivity index (χ0n) is 17.7. The summed E-state index contributed by atoms with van der Waals surface area (Å²) in [5.41, 5.74) is -0.794. The monoisotopic (exact) mass is 525 g/mol. The van der Waals surface area contributed by atoms with Crippen molar-refractivity contribution in [3.63, 3.8) is 0 Å². The van der Waals surface area contributed by atoms with Crippen LogP contribution in [0.4, 0.5) is 17.6 Å². The lowest BCUT2D eigenvalue weighted by atomic mass is 10.0. The maximum absolute atomic E-state index is 13.4. The Morgan fingerprint density at radius 2 is 1.60 bits per heavy atom. The number of rotatable bonds is 6. The van der Waals surface area contributed by atoms with Gasteiger partial charge in [-0.2, -0.15) is 13.2 Å². The molecule has 0 bridgehead atoms. The quantitative estimate of drug-likeness (QED) is 0.260. The summed E-state index contributed by atoms with van der Waals surface area (Å²) in [6.07, 6.45) is -4.51. The molecular weight excluding hydrogens is 510 g/mol. The fraction of sp³-hybridized carbons (Fsp3) is 0.125. The van der Waals surface area contributed by atoms with Crippen LogP contribution < -0.4 is 10.3 Å². The number of benzene rings is 3. The average molecular weight is 526 g/mol. The Bertz CT molecular complexity index is 1570. The highest BCUT2D eigenvalue weighted by Crippen LogP contribution is 2.34. The summed E-state index contributed by atoms with van der Waals surface area (Å²) in [5, 5.41) is -0.149. The van der Waals surface area contributed by atoms with Crippen molar-refractivity contribution >= 4 is 32.6 Å². The van der Waals surface area contributed by atoms with Gasteiger partial charge in [-0.05, 0) is 59.5 Å². The first-order valence-electron chi connectivity index (χ1n) is 10.1. The molecule has 4 rings (SSSR count). The normalized spacial score (nSPS) is 12.3. The van der Waals surface area contributed by atoms with Gasteiger partial charge in [-0.25, -0.2) is 22.3 Å². The van der Waals surface area contributed by atoms with Crippen molar-refractivity contribution in [1.82, 2.24) is 4.72 Å². The Kier molecular flexibility index (Phi) is 6.72. The Morgan fingerprint density at radius 1 is 0.914 bits per heavy atom. The number of nitrogens with one attached hydrogen (secondary N) is 1. The van der Waals surface area contributed by atoms with Gasteiger partial charge in [0.05, 0.1) is 10.5 Å². The highest BCUT2D eigenvalue weighted by Gasteiger charge is 2.33. The molecule has 4 aromatic rings. The summed E-state index contributed by atoms with van der Waals surface area (Å²) in [4.78, 5) is 11.4. The summed E-state index contributed by atoms with van der Waals surface area (Å²) in [6.45, 7) is -0.141. The molecule has 1 aromatic heterocycles. The SMILES string of the molecule is O=c1cc(C(F)(F)F)c2cc(Cc3ccc(S(=O)(=O)NCc4ccc(F)cc4Cl)cc3)ccc2o1. The fourth-order valence-corrected chi connectivity index (χ4v) is 4.74. The van der Waals surface area contributed by atoms with Gasteiger partial charge in [-0.3, -0.25) is 0 Å². The standard InChI is InChI=1S/C24H16ClF4NO4S/c25-21-11-17(26)5-4-16(21)13-30-35(32,33)18-6-1-14(2-7-18)9-15-3-8-22-19(10-15)20(24(27,28)29)12-23(31)34-22/h1-8,10-12,30H,9,13H2. The van der Waals surface area contributed by atoms with Crippen LogP contribution in [0.15, 0.2) is 80.8 Å². The van der Waals surface area contributed by atoms with Crippen LogP contribution in [0.5, 0.6) is 0 Å². The smallest absolute Gasteiger partial charge is 0.417 e. The molecule has 0 saturated heterocycles. The van der Waals surface area contributed by atoms with Crippen molar-refractivity contribution in [3.05, 3.63) is 110 Å². The zero-order chi connectivity index (χ0) is 25.4. The lowest BCUT2D eigenvalue weighted by Crippen LogP contribution is -2.23. The molecule has 11 heteroatoms. The van der Waals surface area contributed by atoms with Crippen LogP contribution in [-0.2, 0) is 29.2 Å². The summed E-state index contributed by atoms with van der Waals surface area (Å²) in [7, 11) is -3.90. The van der Waals surface area contributed by atoms with Crippen molar-refractivity contribution in [1.29, 1.82) is 0 Å². The van der Waals surface area contributed by atoms with E-state index in [2.05, 4.69) is 4.72 Å². The second-order valence-electron chi connectivity index (χ2n) is 7.69. The maximum Gasteiger partial charge on any atom is 0.417 e. The van der Waals surface area contributed by atoms with Gasteiger partial charge >= 0.3 is 11.8 Å². The van der Waals surface area contributed by atoms with Crippen molar-refractivity contribution in [2.75, 3.05) is 0 Å². The third-order valence-corrected chi connectivity index (χ3v) is 6.99. The molecule has 0 aliphatic heterocycles. The number of fused-ring (bicyclic) bond motifs is 1. The van der Waals surface area contributed by atoms with Crippen molar-refractivity contribution in [2.24, 2.45) is 0 Å². The van der Waals surface area contributed by atoms with Gasteiger partial charge < -0.3 is 4.42 Å². The molecule has 0 amide bonds. The molecule has 0 aliphatic carbocycles. The number of hydrogen-bond acceptors (Lipinski definition) is 4. The summed E-state index contributed by atoms with van der Waals surface area (Å²) in [5.74, 6) is -0.539. The van der Waals surface area contributed by atoms with E-state index in [4.69, 9.17) is 16.0 Å². The highest BCUT2D eigenvalue weighted by molar-refractivity contribution is 7.89. The first-order valence-corrected chi connectivity index (χ1v) is 11.9. The second kappa shape index (κ2) is 9.44. The van der Waals surface area contributed by atoms with Crippen LogP contribution in [0.2, 0.25) is 5.02 Å². The summed E-state index contributed by atoms with van der Waals surface area (Å²) in [6, 6.07) is 14.0. The molecule has 0 radical (unpaired) electrons. The Balaban J connectivity index is 1.53. The first-order chi connectivity index (χ1) is 16.4. The van der Waals surface area contributed by atoms with Crippen LogP contribution in [0.25, 0.3) is 11.0 Å². The topological polar surface area (TPSA) is 76.4 Å². The number of hydrogen-bond donors (Lipinski definition) is 1. The third-order valence-electron chi connectivity index (χ3n) is 5.22. The molecular formula is C24H16ClF4NO4S. The van der Waals surface area contributed by atoms with Crippen LogP contribution in [-0.4, -0.2) is 8.42 Å². The van der Waals surface area contributed by atoms with E-state index in [1.54, 1.807) is 12.1 Å². The molecule has 0 aliphatic rings. The number of alkyl halides is 3. The predicted molar refractivity (Wildman–Crippen MR) is 122 cm³/mol. The van der Waals surface area contributed by atoms with Crippen LogP contribution in [0.3, 0.4) is 0 Å². The van der Waals surface area contributed by atoms with Crippen molar-refractivity contribution < 1.29 is 30.4 Å². The van der Waals surface area contributed by atoms with Gasteiger partial charge in [0.2, 0.25) is 10.0 Å². The van der Waals surface area contributed by atoms with E-state index in [1.807, 2.05) is 0 Å². The van der Waals surface area contributed by atoms with Gasteiger partial charge in [0.25, 0.3) is 0 Å². The Labute approximate surface area is 202 Å². The van der Waals surface area contributed by atoms with Gasteiger partial charge in [-0.15, -0.1) is 0 Å². The minimum Gasteiger partial charge on any atom is -0.423 e.